The van der Waals surface area contributed by atoms with Crippen LogP contribution in [0.1, 0.15) is 6.92 Å². The van der Waals surface area contributed by atoms with Crippen LogP contribution in [0.25, 0.3) is 0 Å². The Balaban J connectivity index is -0.0000000200. The minimum Gasteiger partial charge on any atom is -0.518 e. The molecule has 0 aromatic carbocycles. The van der Waals surface area contributed by atoms with E-state index in [0.717, 1.165) is 0 Å². The van der Waals surface area contributed by atoms with Gasteiger partial charge in [0.1, 0.15) is 0 Å². The molecule has 0 bridgehead atoms. The molecule has 0 rings (SSSR count). The molecule has 0 fully saturated rings. The van der Waals surface area contributed by atoms with Gasteiger partial charge in [-0.3, -0.25) is 6.08 Å². The zero-order valence-electron chi connectivity index (χ0n) is 3.27. The summed E-state index contributed by atoms with van der Waals surface area (Å²) in [6.45, 7) is 6.50. The third-order valence-electron chi connectivity index (χ3n) is 0. The normalized spacial score (nSPS) is 2.60. The van der Waals surface area contributed by atoms with Crippen molar-refractivity contribution in [3.05, 3.63) is 12.7 Å². The monoisotopic (exact) mass is 185 g/mol. The van der Waals surface area contributed by atoms with Gasteiger partial charge >= 0.3 is 0 Å². The molecule has 0 aromatic rings. The van der Waals surface area contributed by atoms with E-state index in [0.29, 0.717) is 0 Å². The summed E-state index contributed by atoms with van der Waals surface area (Å²) in [7, 11) is 0. The van der Waals surface area contributed by atoms with Gasteiger partial charge in [0.2, 0.25) is 0 Å². The smallest absolute Gasteiger partial charge is 0 e. The molecule has 2 heteroatoms. The van der Waals surface area contributed by atoms with E-state index in [1.165, 1.54) is 6.08 Å². The fourth-order valence-corrected chi connectivity index (χ4v) is 0. The van der Waals surface area contributed by atoms with Crippen molar-refractivity contribution in [2.24, 2.45) is 0 Å². The topological polar surface area (TPSA) is 0 Å². The van der Waals surface area contributed by atoms with Crippen LogP contribution in [-0.2, 0) is 19.5 Å². The zero-order valence-corrected chi connectivity index (χ0v) is 7.95. The van der Waals surface area contributed by atoms with E-state index in [-0.39, 0.29) is 36.5 Å². The molecule has 0 unspecified atom stereocenters. The largest absolute Gasteiger partial charge is 0.518 e. The number of hydrogen-bond acceptors (Lipinski definition) is 0. The Morgan fingerprint density at radius 1 is 1.60 bits per heavy atom. The molecule has 0 spiro atoms. The van der Waals surface area contributed by atoms with Gasteiger partial charge in [0.05, 0.1) is 0 Å². The number of halogens is 1. The quantitative estimate of drug-likeness (QED) is 0.399. The average molecular weight is 187 g/mol. The molecule has 28 valence electrons. The third kappa shape index (κ3) is 55.1. The molecule has 0 amide bonds. The van der Waals surface area contributed by atoms with Crippen LogP contribution < -0.4 is 0 Å². The van der Waals surface area contributed by atoms with Gasteiger partial charge < -0.3 is 6.58 Å². The van der Waals surface area contributed by atoms with E-state index >= 15 is 0 Å². The van der Waals surface area contributed by atoms with Gasteiger partial charge in [-0.1, -0.05) is 6.92 Å². The second-order valence-corrected chi connectivity index (χ2v) is 0.333. The summed E-state index contributed by atoms with van der Waals surface area (Å²) in [4.78, 5) is 0. The first-order chi connectivity index (χ1) is 1.41. The zero-order chi connectivity index (χ0) is 2.71. The van der Waals surface area contributed by atoms with Crippen LogP contribution in [0.3, 0.4) is 0 Å². The van der Waals surface area contributed by atoms with Crippen LogP contribution in [-0.4, -0.2) is 0 Å². The van der Waals surface area contributed by atoms with Crippen molar-refractivity contribution in [3.8, 4) is 0 Å². The fourth-order valence-electron chi connectivity index (χ4n) is 0. The van der Waals surface area contributed by atoms with Gasteiger partial charge in [0, 0.05) is 19.5 Å². The average Bonchev–Trinajstić information content (AvgIpc) is 0.918. The van der Waals surface area contributed by atoms with Crippen LogP contribution in [0.5, 0.6) is 0 Å². The second-order valence-electron chi connectivity index (χ2n) is 0.333. The number of allylic oxidation sites excluding steroid dienone is 1. The molecule has 0 aromatic heterocycles. The Morgan fingerprint density at radius 3 is 1.60 bits per heavy atom. The minimum absolute atomic E-state index is 0. The van der Waals surface area contributed by atoms with E-state index < -0.39 is 0 Å². The molecule has 0 aliphatic carbocycles. The molecule has 0 N–H and O–H groups in total. The first-order valence-electron chi connectivity index (χ1n) is 0.911. The summed E-state index contributed by atoms with van der Waals surface area (Å²) in [6.07, 6.45) is 1.50. The van der Waals surface area contributed by atoms with Crippen LogP contribution in [0.15, 0.2) is 6.08 Å². The Kier molecular flexibility index (Phi) is 71.4. The maximum atomic E-state index is 4.72. The summed E-state index contributed by atoms with van der Waals surface area (Å²) in [5.74, 6) is 0. The molecule has 0 nitrogen and oxygen atoms in total. The van der Waals surface area contributed by atoms with Crippen molar-refractivity contribution in [1.29, 1.82) is 0 Å². The van der Waals surface area contributed by atoms with Gasteiger partial charge in [0.25, 0.3) is 0 Å². The van der Waals surface area contributed by atoms with Crippen molar-refractivity contribution >= 4 is 17.0 Å². The van der Waals surface area contributed by atoms with E-state index in [1.807, 2.05) is 0 Å². The predicted octanol–water partition coefficient (Wildman–Crippen LogP) is 1.57. The molecule has 0 aliphatic heterocycles. The first kappa shape index (κ1) is 17.0. The van der Waals surface area contributed by atoms with Crippen LogP contribution >= 0.6 is 17.0 Å². The molecular weight excluding hydrogens is 181 g/mol. The second kappa shape index (κ2) is 21.1. The van der Waals surface area contributed by atoms with Crippen molar-refractivity contribution in [2.75, 3.05) is 0 Å². The standard InChI is InChI=1S/C3H5.BrH.Zn/c1-3-2;;/h1,3H,2H3;1H;/q-1;;. The molecule has 0 aliphatic rings. The van der Waals surface area contributed by atoms with Crippen molar-refractivity contribution < 1.29 is 19.5 Å². The van der Waals surface area contributed by atoms with Gasteiger partial charge in [-0.05, 0) is 0 Å². The molecular formula is C3H6BrZn-. The molecule has 0 heterocycles. The van der Waals surface area contributed by atoms with E-state index in [4.69, 9.17) is 6.58 Å². The summed E-state index contributed by atoms with van der Waals surface area (Å²) in [5.41, 5.74) is 0. The van der Waals surface area contributed by atoms with Gasteiger partial charge in [0.15, 0.2) is 0 Å². The number of rotatable bonds is 0. The Morgan fingerprint density at radius 2 is 1.60 bits per heavy atom. The van der Waals surface area contributed by atoms with Crippen molar-refractivity contribution in [1.82, 2.24) is 0 Å². The Hall–Kier alpha value is 0.843. The van der Waals surface area contributed by atoms with Gasteiger partial charge in [-0.25, -0.2) is 0 Å². The summed E-state index contributed by atoms with van der Waals surface area (Å²) in [6, 6.07) is 0. The summed E-state index contributed by atoms with van der Waals surface area (Å²) >= 11 is 0. The molecule has 0 atom stereocenters. The number of hydrogen-bond donors (Lipinski definition) is 0. The first-order valence-corrected chi connectivity index (χ1v) is 0.911. The molecule has 0 radical (unpaired) electrons. The van der Waals surface area contributed by atoms with Gasteiger partial charge in [-0.2, -0.15) is 0 Å². The van der Waals surface area contributed by atoms with Gasteiger partial charge in [-0.15, -0.1) is 17.0 Å². The maximum Gasteiger partial charge on any atom is 0 e. The fraction of sp³-hybridized carbons (Fsp3) is 0.333. The maximum absolute atomic E-state index is 4.72. The van der Waals surface area contributed by atoms with E-state index in [1.54, 1.807) is 6.92 Å². The molecule has 0 saturated carbocycles. The van der Waals surface area contributed by atoms with E-state index in [9.17, 15) is 0 Å². The van der Waals surface area contributed by atoms with Crippen LogP contribution in [0, 0.1) is 6.58 Å². The van der Waals surface area contributed by atoms with Crippen molar-refractivity contribution in [3.63, 3.8) is 0 Å². The van der Waals surface area contributed by atoms with Crippen LogP contribution in [0.2, 0.25) is 0 Å². The van der Waals surface area contributed by atoms with Crippen molar-refractivity contribution in [2.45, 2.75) is 6.92 Å². The Labute approximate surface area is 56.2 Å². The SMILES string of the molecule is Br.[CH-]=CC.[Zn]. The van der Waals surface area contributed by atoms with Crippen LogP contribution in [0.4, 0.5) is 0 Å². The molecule has 5 heavy (non-hydrogen) atoms. The van der Waals surface area contributed by atoms with E-state index in [2.05, 4.69) is 0 Å². The third-order valence-corrected chi connectivity index (χ3v) is 0. The Bertz CT molecular complexity index is 14.4. The molecule has 0 saturated heterocycles. The minimum atomic E-state index is 0. The summed E-state index contributed by atoms with van der Waals surface area (Å²) < 4.78 is 0. The summed E-state index contributed by atoms with van der Waals surface area (Å²) in [5, 5.41) is 0. The predicted molar refractivity (Wildman–Crippen MR) is 24.9 cm³/mol.